The molecule has 1 N–H and O–H groups in total. The fourth-order valence-corrected chi connectivity index (χ4v) is 4.00. The molecule has 2 saturated heterocycles. The van der Waals surface area contributed by atoms with Crippen molar-refractivity contribution in [2.45, 2.75) is 38.1 Å². The number of carbonyl (C=O) groups excluding carboxylic acids is 1. The standard InChI is InChI=1S/C13H24N2OS/c1-14-12-4-2-3-7-15(13(12)16)10-11-5-8-17-9-6-11/h11-12,14H,2-10H2,1H3. The number of nitrogens with one attached hydrogen (secondary N) is 1. The summed E-state index contributed by atoms with van der Waals surface area (Å²) in [5, 5.41) is 3.17. The monoisotopic (exact) mass is 256 g/mol. The molecule has 2 aliphatic heterocycles. The average Bonchev–Trinajstić information content (AvgIpc) is 2.54. The fraction of sp³-hybridized carbons (Fsp3) is 0.923. The lowest BCUT2D eigenvalue weighted by molar-refractivity contribution is -0.133. The molecule has 2 heterocycles. The molecule has 98 valence electrons. The minimum absolute atomic E-state index is 0.0652. The highest BCUT2D eigenvalue weighted by molar-refractivity contribution is 7.99. The van der Waals surface area contributed by atoms with Gasteiger partial charge in [0.25, 0.3) is 0 Å². The highest BCUT2D eigenvalue weighted by Gasteiger charge is 2.27. The number of hydrogen-bond acceptors (Lipinski definition) is 3. The number of thioether (sulfide) groups is 1. The molecule has 0 saturated carbocycles. The first-order chi connectivity index (χ1) is 8.31. The molecule has 0 aliphatic carbocycles. The van der Waals surface area contributed by atoms with Crippen molar-refractivity contribution in [2.24, 2.45) is 5.92 Å². The van der Waals surface area contributed by atoms with E-state index in [1.54, 1.807) is 0 Å². The fourth-order valence-electron chi connectivity index (χ4n) is 2.79. The highest BCUT2D eigenvalue weighted by Crippen LogP contribution is 2.24. The Morgan fingerprint density at radius 1 is 1.29 bits per heavy atom. The summed E-state index contributed by atoms with van der Waals surface area (Å²) in [7, 11) is 1.91. The minimum atomic E-state index is 0.0652. The van der Waals surface area contributed by atoms with E-state index in [0.29, 0.717) is 5.91 Å². The molecule has 3 nitrogen and oxygen atoms in total. The minimum Gasteiger partial charge on any atom is -0.341 e. The molecule has 1 amide bonds. The molecule has 0 radical (unpaired) electrons. The molecule has 0 aromatic carbocycles. The van der Waals surface area contributed by atoms with Gasteiger partial charge in [0.1, 0.15) is 0 Å². The lowest BCUT2D eigenvalue weighted by Crippen LogP contribution is -2.46. The first-order valence-electron chi connectivity index (χ1n) is 6.85. The number of amides is 1. The topological polar surface area (TPSA) is 32.3 Å². The Kier molecular flexibility index (Phi) is 5.16. The van der Waals surface area contributed by atoms with Crippen LogP contribution in [0.5, 0.6) is 0 Å². The maximum atomic E-state index is 12.3. The van der Waals surface area contributed by atoms with Gasteiger partial charge in [-0.3, -0.25) is 4.79 Å². The Bertz CT molecular complexity index is 254. The Morgan fingerprint density at radius 3 is 2.76 bits per heavy atom. The van der Waals surface area contributed by atoms with E-state index >= 15 is 0 Å². The molecule has 17 heavy (non-hydrogen) atoms. The molecule has 0 aromatic heterocycles. The Labute approximate surface area is 109 Å². The summed E-state index contributed by atoms with van der Waals surface area (Å²) in [6, 6.07) is 0.0652. The third-order valence-electron chi connectivity index (χ3n) is 3.95. The quantitative estimate of drug-likeness (QED) is 0.834. The first-order valence-corrected chi connectivity index (χ1v) is 8.00. The van der Waals surface area contributed by atoms with Gasteiger partial charge in [0.2, 0.25) is 5.91 Å². The van der Waals surface area contributed by atoms with Gasteiger partial charge < -0.3 is 10.2 Å². The SMILES string of the molecule is CNC1CCCCN(CC2CCSCC2)C1=O. The van der Waals surface area contributed by atoms with Crippen molar-refractivity contribution in [2.75, 3.05) is 31.6 Å². The smallest absolute Gasteiger partial charge is 0.239 e. The predicted octanol–water partition coefficient (Wildman–Crippen LogP) is 1.73. The summed E-state index contributed by atoms with van der Waals surface area (Å²) in [5.41, 5.74) is 0. The molecule has 2 aliphatic rings. The van der Waals surface area contributed by atoms with E-state index in [2.05, 4.69) is 22.0 Å². The van der Waals surface area contributed by atoms with Crippen LogP contribution in [0.15, 0.2) is 0 Å². The number of likely N-dealkylation sites (tertiary alicyclic amines) is 1. The van der Waals surface area contributed by atoms with E-state index in [0.717, 1.165) is 25.4 Å². The van der Waals surface area contributed by atoms with Gasteiger partial charge in [0, 0.05) is 13.1 Å². The van der Waals surface area contributed by atoms with Crippen LogP contribution in [0.3, 0.4) is 0 Å². The van der Waals surface area contributed by atoms with Gasteiger partial charge in [-0.25, -0.2) is 0 Å². The van der Waals surface area contributed by atoms with Crippen molar-refractivity contribution in [1.29, 1.82) is 0 Å². The van der Waals surface area contributed by atoms with Crippen molar-refractivity contribution in [3.05, 3.63) is 0 Å². The van der Waals surface area contributed by atoms with Gasteiger partial charge in [-0.1, -0.05) is 0 Å². The summed E-state index contributed by atoms with van der Waals surface area (Å²) in [5.74, 6) is 3.64. The second kappa shape index (κ2) is 6.64. The predicted molar refractivity (Wildman–Crippen MR) is 73.3 cm³/mol. The number of carbonyl (C=O) groups is 1. The summed E-state index contributed by atoms with van der Waals surface area (Å²) in [6.45, 7) is 1.97. The molecule has 1 atom stereocenters. The van der Waals surface area contributed by atoms with E-state index in [1.165, 1.54) is 37.2 Å². The molecular formula is C13H24N2OS. The van der Waals surface area contributed by atoms with Crippen LogP contribution in [0.1, 0.15) is 32.1 Å². The molecule has 2 fully saturated rings. The number of rotatable bonds is 3. The van der Waals surface area contributed by atoms with E-state index in [-0.39, 0.29) is 6.04 Å². The third-order valence-corrected chi connectivity index (χ3v) is 5.00. The zero-order valence-corrected chi connectivity index (χ0v) is 11.6. The first kappa shape index (κ1) is 13.2. The third kappa shape index (κ3) is 3.62. The van der Waals surface area contributed by atoms with E-state index in [1.807, 2.05) is 7.05 Å². The van der Waals surface area contributed by atoms with E-state index in [4.69, 9.17) is 0 Å². The Balaban J connectivity index is 1.90. The molecule has 0 aromatic rings. The molecule has 2 rings (SSSR count). The largest absolute Gasteiger partial charge is 0.341 e. The van der Waals surface area contributed by atoms with Crippen LogP contribution in [-0.4, -0.2) is 48.5 Å². The summed E-state index contributed by atoms with van der Waals surface area (Å²) >= 11 is 2.05. The molecule has 4 heteroatoms. The molecule has 1 unspecified atom stereocenters. The van der Waals surface area contributed by atoms with E-state index in [9.17, 15) is 4.79 Å². The van der Waals surface area contributed by atoms with Crippen LogP contribution < -0.4 is 5.32 Å². The summed E-state index contributed by atoms with van der Waals surface area (Å²) < 4.78 is 0. The van der Waals surface area contributed by atoms with Gasteiger partial charge in [-0.2, -0.15) is 11.8 Å². The number of hydrogen-bond donors (Lipinski definition) is 1. The lowest BCUT2D eigenvalue weighted by atomic mass is 10.0. The van der Waals surface area contributed by atoms with Gasteiger partial charge in [-0.15, -0.1) is 0 Å². The van der Waals surface area contributed by atoms with Crippen molar-refractivity contribution in [1.82, 2.24) is 10.2 Å². The van der Waals surface area contributed by atoms with Crippen LogP contribution in [0.4, 0.5) is 0 Å². The van der Waals surface area contributed by atoms with Gasteiger partial charge >= 0.3 is 0 Å². The number of likely N-dealkylation sites (N-methyl/N-ethyl adjacent to an activating group) is 1. The second-order valence-corrected chi connectivity index (χ2v) is 6.40. The van der Waals surface area contributed by atoms with Crippen LogP contribution in [0, 0.1) is 5.92 Å². The molecular weight excluding hydrogens is 232 g/mol. The van der Waals surface area contributed by atoms with Crippen LogP contribution in [0.2, 0.25) is 0 Å². The average molecular weight is 256 g/mol. The zero-order chi connectivity index (χ0) is 12.1. The molecule has 0 bridgehead atoms. The van der Waals surface area contributed by atoms with Crippen molar-refractivity contribution >= 4 is 17.7 Å². The van der Waals surface area contributed by atoms with E-state index < -0.39 is 0 Å². The molecule has 0 spiro atoms. The number of nitrogens with zero attached hydrogens (tertiary/aromatic N) is 1. The van der Waals surface area contributed by atoms with Gasteiger partial charge in [0.15, 0.2) is 0 Å². The summed E-state index contributed by atoms with van der Waals surface area (Å²) in [6.07, 6.45) is 5.93. The highest BCUT2D eigenvalue weighted by atomic mass is 32.2. The van der Waals surface area contributed by atoms with Gasteiger partial charge in [0.05, 0.1) is 6.04 Å². The maximum absolute atomic E-state index is 12.3. The Morgan fingerprint density at radius 2 is 2.06 bits per heavy atom. The van der Waals surface area contributed by atoms with Crippen LogP contribution in [0.25, 0.3) is 0 Å². The zero-order valence-electron chi connectivity index (χ0n) is 10.8. The van der Waals surface area contributed by atoms with Crippen LogP contribution in [-0.2, 0) is 4.79 Å². The maximum Gasteiger partial charge on any atom is 0.239 e. The van der Waals surface area contributed by atoms with Crippen LogP contribution >= 0.6 is 11.8 Å². The normalized spacial score (nSPS) is 28.2. The van der Waals surface area contributed by atoms with Crippen molar-refractivity contribution < 1.29 is 4.79 Å². The summed E-state index contributed by atoms with van der Waals surface area (Å²) in [4.78, 5) is 14.4. The second-order valence-electron chi connectivity index (χ2n) is 5.18. The lowest BCUT2D eigenvalue weighted by Gasteiger charge is -2.30. The van der Waals surface area contributed by atoms with Crippen molar-refractivity contribution in [3.63, 3.8) is 0 Å². The van der Waals surface area contributed by atoms with Gasteiger partial charge in [-0.05, 0) is 56.6 Å². The Hall–Kier alpha value is -0.220. The van der Waals surface area contributed by atoms with Crippen molar-refractivity contribution in [3.8, 4) is 0 Å².